The van der Waals surface area contributed by atoms with Gasteiger partial charge in [-0.25, -0.2) is 8.42 Å². The van der Waals surface area contributed by atoms with E-state index in [1.807, 2.05) is 37.3 Å². The zero-order valence-electron chi connectivity index (χ0n) is 26.9. The number of carbonyl (C=O) groups is 2. The first-order valence-electron chi connectivity index (χ1n) is 16.0. The van der Waals surface area contributed by atoms with Crippen LogP contribution in [0, 0.1) is 6.92 Å². The van der Waals surface area contributed by atoms with Crippen molar-refractivity contribution in [2.24, 2.45) is 0 Å². The van der Waals surface area contributed by atoms with E-state index >= 15 is 0 Å². The molecule has 4 aromatic rings. The number of halogens is 4. The van der Waals surface area contributed by atoms with E-state index in [9.17, 15) is 18.0 Å². The molecule has 258 valence electrons. The second-order valence-electron chi connectivity index (χ2n) is 12.2. The lowest BCUT2D eigenvalue weighted by atomic mass is 9.94. The average Bonchev–Trinajstić information content (AvgIpc) is 3.09. The summed E-state index contributed by atoms with van der Waals surface area (Å²) in [5.74, 6) is -0.917. The van der Waals surface area contributed by atoms with Crippen molar-refractivity contribution in [2.45, 2.75) is 69.0 Å². The Bertz CT molecular complexity index is 1890. The number of nitrogens with zero attached hydrogens (tertiary/aromatic N) is 2. The molecule has 1 N–H and O–H groups in total. The van der Waals surface area contributed by atoms with E-state index in [1.54, 1.807) is 30.3 Å². The minimum atomic E-state index is -4.30. The van der Waals surface area contributed by atoms with E-state index < -0.39 is 28.5 Å². The molecule has 1 aliphatic carbocycles. The van der Waals surface area contributed by atoms with Crippen LogP contribution in [0.5, 0.6) is 0 Å². The third kappa shape index (κ3) is 9.50. The Labute approximate surface area is 308 Å². The van der Waals surface area contributed by atoms with E-state index in [0.717, 1.165) is 47.5 Å². The first-order chi connectivity index (χ1) is 23.4. The van der Waals surface area contributed by atoms with Gasteiger partial charge in [0.25, 0.3) is 10.0 Å². The molecule has 1 atom stereocenters. The lowest BCUT2D eigenvalue weighted by Crippen LogP contribution is -2.55. The molecule has 7 nitrogen and oxygen atoms in total. The average molecular weight is 762 g/mol. The highest BCUT2D eigenvalue weighted by atomic mass is 35.5. The fraction of sp³-hybridized carbons (Fsp3) is 0.297. The van der Waals surface area contributed by atoms with Gasteiger partial charge < -0.3 is 10.2 Å². The fourth-order valence-electron chi connectivity index (χ4n) is 5.94. The number of benzene rings is 4. The van der Waals surface area contributed by atoms with Gasteiger partial charge in [-0.1, -0.05) is 120 Å². The number of sulfonamides is 1. The fourth-order valence-corrected chi connectivity index (χ4v) is 7.96. The van der Waals surface area contributed by atoms with Crippen LogP contribution >= 0.6 is 46.4 Å². The van der Waals surface area contributed by atoms with Crippen molar-refractivity contribution in [2.75, 3.05) is 10.8 Å². The number of nitrogens with one attached hydrogen (secondary N) is 1. The summed E-state index contributed by atoms with van der Waals surface area (Å²) in [7, 11) is -4.30. The lowest BCUT2D eigenvalue weighted by Gasteiger charge is -2.35. The van der Waals surface area contributed by atoms with E-state index in [-0.39, 0.29) is 50.6 Å². The number of hydrogen-bond acceptors (Lipinski definition) is 4. The maximum absolute atomic E-state index is 14.7. The highest BCUT2D eigenvalue weighted by Crippen LogP contribution is 2.32. The topological polar surface area (TPSA) is 86.8 Å². The second-order valence-corrected chi connectivity index (χ2v) is 15.7. The van der Waals surface area contributed by atoms with Crippen molar-refractivity contribution in [3.63, 3.8) is 0 Å². The van der Waals surface area contributed by atoms with Crippen LogP contribution in [0.2, 0.25) is 20.1 Å². The monoisotopic (exact) mass is 759 g/mol. The number of aryl methyl sites for hydroxylation is 1. The molecule has 2 amide bonds. The highest BCUT2D eigenvalue weighted by molar-refractivity contribution is 7.92. The molecular formula is C37H37Cl4N3O4S. The third-order valence-electron chi connectivity index (χ3n) is 8.64. The van der Waals surface area contributed by atoms with Crippen LogP contribution in [0.1, 0.15) is 48.8 Å². The lowest BCUT2D eigenvalue weighted by molar-refractivity contribution is -0.140. The number of amides is 2. The quantitative estimate of drug-likeness (QED) is 0.156. The van der Waals surface area contributed by atoms with E-state index in [2.05, 4.69) is 5.32 Å². The summed E-state index contributed by atoms with van der Waals surface area (Å²) in [6.45, 7) is 1.19. The van der Waals surface area contributed by atoms with Crippen molar-refractivity contribution in [1.82, 2.24) is 10.2 Å². The van der Waals surface area contributed by atoms with Crippen LogP contribution in [-0.4, -0.2) is 43.8 Å². The molecule has 0 bridgehead atoms. The first kappa shape index (κ1) is 37.0. The number of rotatable bonds is 12. The van der Waals surface area contributed by atoms with Crippen LogP contribution in [0.25, 0.3) is 0 Å². The minimum absolute atomic E-state index is 0.0103. The number of anilines is 1. The first-order valence-corrected chi connectivity index (χ1v) is 19.0. The minimum Gasteiger partial charge on any atom is -0.352 e. The zero-order chi connectivity index (χ0) is 35.1. The zero-order valence-corrected chi connectivity index (χ0v) is 30.8. The summed E-state index contributed by atoms with van der Waals surface area (Å²) in [5, 5.41) is 4.18. The molecule has 1 fully saturated rings. The van der Waals surface area contributed by atoms with E-state index in [0.29, 0.717) is 10.6 Å². The van der Waals surface area contributed by atoms with Crippen molar-refractivity contribution in [1.29, 1.82) is 0 Å². The van der Waals surface area contributed by atoms with Crippen LogP contribution in [0.4, 0.5) is 5.69 Å². The molecule has 0 saturated heterocycles. The molecule has 1 saturated carbocycles. The second kappa shape index (κ2) is 16.6. The molecule has 49 heavy (non-hydrogen) atoms. The Morgan fingerprint density at radius 2 is 1.41 bits per heavy atom. The molecule has 1 aliphatic rings. The van der Waals surface area contributed by atoms with Gasteiger partial charge in [-0.15, -0.1) is 0 Å². The van der Waals surface area contributed by atoms with Crippen molar-refractivity contribution in [3.8, 4) is 0 Å². The SMILES string of the molecule is Cc1ccc(S(=O)(=O)N(CC(=O)N(Cc2ccc(Cl)c(Cl)c2)C(Cc2ccccc2)C(=O)NC2CCCCC2)c2ccc(Cl)c(Cl)c2)cc1. The van der Waals surface area contributed by atoms with Gasteiger partial charge in [-0.05, 0) is 73.4 Å². The van der Waals surface area contributed by atoms with Gasteiger partial charge in [0.2, 0.25) is 11.8 Å². The summed E-state index contributed by atoms with van der Waals surface area (Å²) in [5.41, 5.74) is 2.47. The number of carbonyl (C=O) groups excluding carboxylic acids is 2. The molecule has 0 aromatic heterocycles. The van der Waals surface area contributed by atoms with Gasteiger partial charge in [0.15, 0.2) is 0 Å². The Hall–Kier alpha value is -3.27. The molecule has 5 rings (SSSR count). The summed E-state index contributed by atoms with van der Waals surface area (Å²) in [6, 6.07) is 24.1. The Kier molecular flexibility index (Phi) is 12.6. The highest BCUT2D eigenvalue weighted by Gasteiger charge is 2.35. The molecule has 0 radical (unpaired) electrons. The molecule has 0 aliphatic heterocycles. The van der Waals surface area contributed by atoms with Crippen LogP contribution < -0.4 is 9.62 Å². The predicted octanol–water partition coefficient (Wildman–Crippen LogP) is 8.89. The standard InChI is InChI=1S/C37H37Cl4N3O4S/c1-25-12-16-30(17-13-25)49(47,48)44(29-15-19-32(39)34(41)22-29)24-36(45)43(23-27-14-18-31(38)33(40)20-27)35(21-26-8-4-2-5-9-26)37(46)42-28-10-6-3-7-11-28/h2,4-5,8-9,12-20,22,28,35H,3,6-7,10-11,21,23-24H2,1H3,(H,42,46). The van der Waals surface area contributed by atoms with Gasteiger partial charge in [0.1, 0.15) is 12.6 Å². The van der Waals surface area contributed by atoms with Gasteiger partial charge in [-0.3, -0.25) is 13.9 Å². The van der Waals surface area contributed by atoms with Gasteiger partial charge >= 0.3 is 0 Å². The van der Waals surface area contributed by atoms with Crippen LogP contribution in [-0.2, 0) is 32.6 Å². The van der Waals surface area contributed by atoms with Crippen molar-refractivity contribution < 1.29 is 18.0 Å². The summed E-state index contributed by atoms with van der Waals surface area (Å²) >= 11 is 25.2. The van der Waals surface area contributed by atoms with Gasteiger partial charge in [0, 0.05) is 19.0 Å². The van der Waals surface area contributed by atoms with Gasteiger partial charge in [-0.2, -0.15) is 0 Å². The molecule has 0 heterocycles. The van der Waals surface area contributed by atoms with Crippen LogP contribution in [0.3, 0.4) is 0 Å². The molecular weight excluding hydrogens is 724 g/mol. The molecule has 4 aromatic carbocycles. The maximum atomic E-state index is 14.7. The van der Waals surface area contributed by atoms with Crippen molar-refractivity contribution >= 4 is 73.9 Å². The predicted molar refractivity (Wildman–Crippen MR) is 198 cm³/mol. The van der Waals surface area contributed by atoms with Crippen molar-refractivity contribution in [3.05, 3.63) is 128 Å². The normalized spacial score (nSPS) is 14.2. The largest absolute Gasteiger partial charge is 0.352 e. The molecule has 1 unspecified atom stereocenters. The third-order valence-corrected chi connectivity index (χ3v) is 11.9. The smallest absolute Gasteiger partial charge is 0.264 e. The van der Waals surface area contributed by atoms with Gasteiger partial charge in [0.05, 0.1) is 30.7 Å². The molecule has 12 heteroatoms. The summed E-state index contributed by atoms with van der Waals surface area (Å²) < 4.78 is 29.5. The Morgan fingerprint density at radius 3 is 2.04 bits per heavy atom. The Balaban J connectivity index is 1.59. The van der Waals surface area contributed by atoms with Crippen LogP contribution in [0.15, 0.2) is 95.9 Å². The van der Waals surface area contributed by atoms with E-state index in [4.69, 9.17) is 46.4 Å². The summed E-state index contributed by atoms with van der Waals surface area (Å²) in [4.78, 5) is 30.4. The van der Waals surface area contributed by atoms with E-state index in [1.165, 1.54) is 35.2 Å². The number of hydrogen-bond donors (Lipinski definition) is 1. The Morgan fingerprint density at radius 1 is 0.776 bits per heavy atom. The summed E-state index contributed by atoms with van der Waals surface area (Å²) in [6.07, 6.45) is 5.03. The molecule has 0 spiro atoms. The maximum Gasteiger partial charge on any atom is 0.264 e.